The first kappa shape index (κ1) is 14.8. The van der Waals surface area contributed by atoms with Crippen LogP contribution in [-0.2, 0) is 14.6 Å². The van der Waals surface area contributed by atoms with Crippen molar-refractivity contribution in [1.29, 1.82) is 0 Å². The van der Waals surface area contributed by atoms with E-state index in [1.165, 1.54) is 24.5 Å². The molecule has 0 saturated carbocycles. The maximum absolute atomic E-state index is 11.9. The minimum absolute atomic E-state index is 0.296. The van der Waals surface area contributed by atoms with Gasteiger partial charge in [0.2, 0.25) is 6.08 Å². The summed E-state index contributed by atoms with van der Waals surface area (Å²) in [6.45, 7) is 1.66. The van der Waals surface area contributed by atoms with Crippen LogP contribution in [0.5, 0.6) is 0 Å². The monoisotopic (exact) mass is 294 g/mol. The van der Waals surface area contributed by atoms with Crippen LogP contribution in [-0.4, -0.2) is 33.8 Å². The Balaban J connectivity index is 2.50. The Morgan fingerprint density at radius 3 is 2.35 bits per heavy atom. The van der Waals surface area contributed by atoms with Gasteiger partial charge in [-0.2, -0.15) is 4.99 Å². The lowest BCUT2D eigenvalue weighted by molar-refractivity contribution is 0.565. The van der Waals surface area contributed by atoms with Crippen molar-refractivity contribution >= 4 is 27.3 Å². The highest BCUT2D eigenvalue weighted by Gasteiger charge is 2.19. The van der Waals surface area contributed by atoms with E-state index in [-0.39, 0.29) is 0 Å². The maximum Gasteiger partial charge on any atom is 0.240 e. The first-order chi connectivity index (χ1) is 9.52. The Hall–Kier alpha value is -1.65. The highest BCUT2D eigenvalue weighted by molar-refractivity contribution is 7.90. The lowest BCUT2D eigenvalue weighted by Gasteiger charge is -2.25. The molecule has 0 aromatic heterocycles. The maximum atomic E-state index is 11.9. The Labute approximate surface area is 119 Å². The molecule has 0 unspecified atom stereocenters. The van der Waals surface area contributed by atoms with Gasteiger partial charge in [-0.1, -0.05) is 12.8 Å². The summed E-state index contributed by atoms with van der Waals surface area (Å²) in [7, 11) is -3.31. The molecule has 0 aliphatic carbocycles. The number of aliphatic imine (C=N–C) groups is 1. The van der Waals surface area contributed by atoms with E-state index < -0.39 is 9.84 Å². The van der Waals surface area contributed by atoms with Crippen molar-refractivity contribution in [3.05, 3.63) is 18.2 Å². The third-order valence-corrected chi connectivity index (χ3v) is 4.61. The molecule has 1 aromatic carbocycles. The first-order valence-electron chi connectivity index (χ1n) is 6.69. The van der Waals surface area contributed by atoms with Crippen LogP contribution in [0.15, 0.2) is 28.1 Å². The fraction of sp³-hybridized carbons (Fsp3) is 0.500. The van der Waals surface area contributed by atoms with Gasteiger partial charge >= 0.3 is 0 Å². The molecule has 1 saturated heterocycles. The van der Waals surface area contributed by atoms with Gasteiger partial charge in [-0.15, -0.1) is 0 Å². The molecule has 2 rings (SSSR count). The fourth-order valence-electron chi connectivity index (χ4n) is 2.50. The number of sulfone groups is 1. The minimum Gasteiger partial charge on any atom is -0.370 e. The van der Waals surface area contributed by atoms with E-state index in [1.807, 2.05) is 0 Å². The summed E-state index contributed by atoms with van der Waals surface area (Å²) < 4.78 is 23.8. The van der Waals surface area contributed by atoms with E-state index in [1.54, 1.807) is 6.07 Å². The Morgan fingerprint density at radius 1 is 1.15 bits per heavy atom. The predicted molar refractivity (Wildman–Crippen MR) is 78.0 cm³/mol. The van der Waals surface area contributed by atoms with Crippen molar-refractivity contribution in [2.75, 3.05) is 24.2 Å². The summed E-state index contributed by atoms with van der Waals surface area (Å²) in [4.78, 5) is 16.3. The number of carbonyl (C=O) groups excluding carboxylic acids is 1. The van der Waals surface area contributed by atoms with Gasteiger partial charge < -0.3 is 4.90 Å². The number of anilines is 1. The lowest BCUT2D eigenvalue weighted by atomic mass is 10.2. The Bertz CT molecular complexity index is 626. The van der Waals surface area contributed by atoms with Gasteiger partial charge in [-0.25, -0.2) is 13.2 Å². The van der Waals surface area contributed by atoms with Crippen LogP contribution in [0.3, 0.4) is 0 Å². The van der Waals surface area contributed by atoms with Crippen molar-refractivity contribution in [1.82, 2.24) is 0 Å². The fourth-order valence-corrected chi connectivity index (χ4v) is 3.38. The van der Waals surface area contributed by atoms with Gasteiger partial charge in [0.1, 0.15) is 0 Å². The van der Waals surface area contributed by atoms with Crippen LogP contribution in [0, 0.1) is 0 Å². The molecule has 0 bridgehead atoms. The Morgan fingerprint density at radius 2 is 1.80 bits per heavy atom. The zero-order valence-corrected chi connectivity index (χ0v) is 12.3. The molecule has 1 aromatic rings. The molecular formula is C14H18N2O3S. The summed E-state index contributed by atoms with van der Waals surface area (Å²) in [6, 6.07) is 4.71. The second kappa shape index (κ2) is 6.20. The molecule has 1 aliphatic heterocycles. The van der Waals surface area contributed by atoms with Gasteiger partial charge in [0.25, 0.3) is 0 Å². The molecule has 0 N–H and O–H groups in total. The molecule has 0 radical (unpaired) electrons. The van der Waals surface area contributed by atoms with Crippen molar-refractivity contribution in [2.24, 2.45) is 4.99 Å². The molecule has 1 heterocycles. The van der Waals surface area contributed by atoms with Gasteiger partial charge in [-0.3, -0.25) is 0 Å². The van der Waals surface area contributed by atoms with Gasteiger partial charge in [0, 0.05) is 19.3 Å². The van der Waals surface area contributed by atoms with Crippen LogP contribution in [0.2, 0.25) is 0 Å². The number of hydrogen-bond donors (Lipinski definition) is 0. The SMILES string of the molecule is CS(=O)(=O)c1ccc(N=C=O)cc1N1CCCCCC1. The van der Waals surface area contributed by atoms with E-state index in [9.17, 15) is 13.2 Å². The summed E-state index contributed by atoms with van der Waals surface area (Å²) in [5, 5.41) is 0. The zero-order chi connectivity index (χ0) is 14.6. The molecule has 0 amide bonds. The Kier molecular flexibility index (Phi) is 4.57. The molecule has 1 fully saturated rings. The second-order valence-corrected chi connectivity index (χ2v) is 7.01. The average molecular weight is 294 g/mol. The van der Waals surface area contributed by atoms with Crippen LogP contribution in [0.1, 0.15) is 25.7 Å². The van der Waals surface area contributed by atoms with Crippen LogP contribution in [0.4, 0.5) is 11.4 Å². The lowest BCUT2D eigenvalue weighted by Crippen LogP contribution is -2.25. The molecule has 108 valence electrons. The average Bonchev–Trinajstić information content (AvgIpc) is 2.66. The highest BCUT2D eigenvalue weighted by atomic mass is 32.2. The van der Waals surface area contributed by atoms with E-state index in [0.717, 1.165) is 38.8 Å². The normalized spacial score (nSPS) is 16.4. The quantitative estimate of drug-likeness (QED) is 0.634. The topological polar surface area (TPSA) is 66.8 Å². The minimum atomic E-state index is -3.31. The third kappa shape index (κ3) is 3.46. The summed E-state index contributed by atoms with van der Waals surface area (Å²) in [6.07, 6.45) is 7.11. The standard InChI is InChI=1S/C14H18N2O3S/c1-20(18,19)14-7-6-12(15-11-17)10-13(14)16-8-4-2-3-5-9-16/h6-7,10H,2-5,8-9H2,1H3. The molecule has 6 heteroatoms. The number of rotatable bonds is 3. The third-order valence-electron chi connectivity index (χ3n) is 3.46. The summed E-state index contributed by atoms with van der Waals surface area (Å²) in [5.41, 5.74) is 1.08. The molecule has 5 nitrogen and oxygen atoms in total. The molecule has 0 atom stereocenters. The second-order valence-electron chi connectivity index (χ2n) is 5.03. The molecule has 1 aliphatic rings. The number of benzene rings is 1. The first-order valence-corrected chi connectivity index (χ1v) is 8.58. The van der Waals surface area contributed by atoms with Gasteiger partial charge in [0.15, 0.2) is 9.84 Å². The number of isocyanates is 1. The van der Waals surface area contributed by atoms with E-state index in [0.29, 0.717) is 16.3 Å². The highest BCUT2D eigenvalue weighted by Crippen LogP contribution is 2.31. The van der Waals surface area contributed by atoms with E-state index >= 15 is 0 Å². The largest absolute Gasteiger partial charge is 0.370 e. The van der Waals surface area contributed by atoms with E-state index in [4.69, 9.17) is 0 Å². The van der Waals surface area contributed by atoms with E-state index in [2.05, 4.69) is 9.89 Å². The van der Waals surface area contributed by atoms with Crippen molar-refractivity contribution < 1.29 is 13.2 Å². The number of nitrogens with zero attached hydrogens (tertiary/aromatic N) is 2. The molecule has 20 heavy (non-hydrogen) atoms. The predicted octanol–water partition coefficient (Wildman–Crippen LogP) is 2.44. The van der Waals surface area contributed by atoms with Crippen LogP contribution >= 0.6 is 0 Å². The van der Waals surface area contributed by atoms with Gasteiger partial charge in [0.05, 0.1) is 16.3 Å². The van der Waals surface area contributed by atoms with Crippen molar-refractivity contribution in [3.8, 4) is 0 Å². The molecule has 0 spiro atoms. The van der Waals surface area contributed by atoms with Crippen molar-refractivity contribution in [3.63, 3.8) is 0 Å². The van der Waals surface area contributed by atoms with Crippen molar-refractivity contribution in [2.45, 2.75) is 30.6 Å². The molecular weight excluding hydrogens is 276 g/mol. The summed E-state index contributed by atoms with van der Waals surface area (Å²) in [5.74, 6) is 0. The zero-order valence-electron chi connectivity index (χ0n) is 11.5. The van der Waals surface area contributed by atoms with Crippen LogP contribution < -0.4 is 4.90 Å². The summed E-state index contributed by atoms with van der Waals surface area (Å²) >= 11 is 0. The number of hydrogen-bond acceptors (Lipinski definition) is 5. The smallest absolute Gasteiger partial charge is 0.240 e. The van der Waals surface area contributed by atoms with Crippen LogP contribution in [0.25, 0.3) is 0 Å². The van der Waals surface area contributed by atoms with Gasteiger partial charge in [-0.05, 0) is 31.0 Å².